The largest absolute Gasteiger partial charge is 0.347 e. The molecule has 5 heteroatoms. The Labute approximate surface area is 111 Å². The summed E-state index contributed by atoms with van der Waals surface area (Å²) in [5.41, 5.74) is 1.42. The zero-order chi connectivity index (χ0) is 13.1. The van der Waals surface area contributed by atoms with Crippen LogP contribution in [0.4, 0.5) is 0 Å². The molecule has 1 aromatic heterocycles. The number of aryl methyl sites for hydroxylation is 1. The number of aromatic amines is 1. The van der Waals surface area contributed by atoms with Crippen LogP contribution in [0.5, 0.6) is 0 Å². The lowest BCUT2D eigenvalue weighted by atomic mass is 10.1. The van der Waals surface area contributed by atoms with Gasteiger partial charge in [0.1, 0.15) is 5.82 Å². The predicted octanol–water partition coefficient (Wildman–Crippen LogP) is 2.64. The zero-order valence-corrected chi connectivity index (χ0v) is 11.0. The molecule has 1 N–H and O–H groups in total. The van der Waals surface area contributed by atoms with Gasteiger partial charge in [-0.3, -0.25) is 4.79 Å². The van der Waals surface area contributed by atoms with Crippen LogP contribution in [0.2, 0.25) is 5.02 Å². The Morgan fingerprint density at radius 2 is 2.28 bits per heavy atom. The van der Waals surface area contributed by atoms with Gasteiger partial charge in [-0.25, -0.2) is 4.98 Å². The van der Waals surface area contributed by atoms with Crippen LogP contribution < -0.4 is 0 Å². The van der Waals surface area contributed by atoms with Crippen LogP contribution in [0.1, 0.15) is 21.7 Å². The predicted molar refractivity (Wildman–Crippen MR) is 70.6 cm³/mol. The van der Waals surface area contributed by atoms with Crippen molar-refractivity contribution in [2.45, 2.75) is 13.5 Å². The first-order valence-corrected chi connectivity index (χ1v) is 5.96. The van der Waals surface area contributed by atoms with Crippen LogP contribution in [0, 0.1) is 6.92 Å². The maximum atomic E-state index is 12.2. The van der Waals surface area contributed by atoms with Crippen LogP contribution in [0.15, 0.2) is 30.6 Å². The maximum Gasteiger partial charge on any atom is 0.255 e. The summed E-state index contributed by atoms with van der Waals surface area (Å²) in [6, 6.07) is 5.44. The van der Waals surface area contributed by atoms with Crippen LogP contribution in [-0.4, -0.2) is 27.8 Å². The first kappa shape index (κ1) is 12.6. The second kappa shape index (κ2) is 5.23. The molecule has 1 aromatic carbocycles. The molecule has 0 radical (unpaired) electrons. The highest BCUT2D eigenvalue weighted by Gasteiger charge is 2.16. The van der Waals surface area contributed by atoms with Gasteiger partial charge in [0, 0.05) is 19.4 Å². The fourth-order valence-electron chi connectivity index (χ4n) is 1.70. The van der Waals surface area contributed by atoms with Gasteiger partial charge in [-0.2, -0.15) is 0 Å². The van der Waals surface area contributed by atoms with Gasteiger partial charge in [-0.1, -0.05) is 23.7 Å². The van der Waals surface area contributed by atoms with E-state index < -0.39 is 0 Å². The molecule has 0 aliphatic rings. The van der Waals surface area contributed by atoms with Crippen LogP contribution in [0.25, 0.3) is 0 Å². The molecule has 1 amide bonds. The summed E-state index contributed by atoms with van der Waals surface area (Å²) < 4.78 is 0. The van der Waals surface area contributed by atoms with Gasteiger partial charge in [0.15, 0.2) is 0 Å². The van der Waals surface area contributed by atoms with E-state index in [0.717, 1.165) is 11.4 Å². The minimum atomic E-state index is -0.111. The number of nitrogens with one attached hydrogen (secondary N) is 1. The summed E-state index contributed by atoms with van der Waals surface area (Å²) in [6.45, 7) is 2.31. The Bertz CT molecular complexity index is 551. The molecule has 0 atom stereocenters. The smallest absolute Gasteiger partial charge is 0.255 e. The van der Waals surface area contributed by atoms with Gasteiger partial charge in [-0.05, 0) is 18.6 Å². The molecular weight excluding hydrogens is 250 g/mol. The minimum Gasteiger partial charge on any atom is -0.347 e. The minimum absolute atomic E-state index is 0.111. The van der Waals surface area contributed by atoms with Gasteiger partial charge in [0.2, 0.25) is 0 Å². The van der Waals surface area contributed by atoms with Crippen molar-refractivity contribution in [2.75, 3.05) is 7.05 Å². The number of imidazole rings is 1. The summed E-state index contributed by atoms with van der Waals surface area (Å²) in [5.74, 6) is 0.634. The van der Waals surface area contributed by atoms with E-state index >= 15 is 0 Å². The number of aromatic nitrogens is 2. The number of H-pyrrole nitrogens is 1. The van der Waals surface area contributed by atoms with E-state index in [1.807, 2.05) is 19.1 Å². The molecule has 0 aliphatic carbocycles. The summed E-state index contributed by atoms with van der Waals surface area (Å²) in [5, 5.41) is 0.508. The number of carbonyl (C=O) groups excluding carboxylic acids is 1. The summed E-state index contributed by atoms with van der Waals surface area (Å²) in [6.07, 6.45) is 3.39. The van der Waals surface area contributed by atoms with Crippen LogP contribution >= 0.6 is 11.6 Å². The molecule has 0 saturated heterocycles. The van der Waals surface area contributed by atoms with E-state index in [4.69, 9.17) is 11.6 Å². The Morgan fingerprint density at radius 1 is 1.50 bits per heavy atom. The van der Waals surface area contributed by atoms with Crippen molar-refractivity contribution < 1.29 is 4.79 Å². The first-order chi connectivity index (χ1) is 8.59. The van der Waals surface area contributed by atoms with Crippen molar-refractivity contribution in [3.63, 3.8) is 0 Å². The second-order valence-electron chi connectivity index (χ2n) is 4.13. The van der Waals surface area contributed by atoms with Gasteiger partial charge in [0.25, 0.3) is 5.91 Å². The van der Waals surface area contributed by atoms with E-state index in [9.17, 15) is 4.79 Å². The fourth-order valence-corrected chi connectivity index (χ4v) is 1.91. The Kier molecular flexibility index (Phi) is 3.67. The topological polar surface area (TPSA) is 49.0 Å². The van der Waals surface area contributed by atoms with Crippen molar-refractivity contribution >= 4 is 17.5 Å². The average molecular weight is 264 g/mol. The average Bonchev–Trinajstić information content (AvgIpc) is 2.84. The van der Waals surface area contributed by atoms with E-state index in [1.165, 1.54) is 0 Å². The molecule has 0 unspecified atom stereocenters. The molecule has 2 rings (SSSR count). The summed E-state index contributed by atoms with van der Waals surface area (Å²) in [4.78, 5) is 20.9. The molecular formula is C13H14ClN3O. The van der Waals surface area contributed by atoms with Gasteiger partial charge in [0.05, 0.1) is 17.1 Å². The first-order valence-electron chi connectivity index (χ1n) is 5.58. The number of nitrogens with zero attached hydrogens (tertiary/aromatic N) is 2. The van der Waals surface area contributed by atoms with E-state index in [-0.39, 0.29) is 5.91 Å². The number of rotatable bonds is 3. The number of hydrogen-bond donors (Lipinski definition) is 1. The summed E-state index contributed by atoms with van der Waals surface area (Å²) in [7, 11) is 1.73. The van der Waals surface area contributed by atoms with E-state index in [2.05, 4.69) is 9.97 Å². The molecule has 2 aromatic rings. The SMILES string of the molecule is Cc1cccc(C(=O)N(C)Cc2ncc[nH]2)c1Cl. The van der Waals surface area contributed by atoms with Gasteiger partial charge >= 0.3 is 0 Å². The van der Waals surface area contributed by atoms with Gasteiger partial charge in [-0.15, -0.1) is 0 Å². The number of amides is 1. The quantitative estimate of drug-likeness (QED) is 0.926. The Morgan fingerprint density at radius 3 is 2.94 bits per heavy atom. The lowest BCUT2D eigenvalue weighted by Crippen LogP contribution is -2.27. The van der Waals surface area contributed by atoms with Crippen molar-refractivity contribution in [3.8, 4) is 0 Å². The third-order valence-corrected chi connectivity index (χ3v) is 3.21. The number of hydrogen-bond acceptors (Lipinski definition) is 2. The number of carbonyl (C=O) groups is 1. The Hall–Kier alpha value is -1.81. The van der Waals surface area contributed by atoms with Gasteiger partial charge < -0.3 is 9.88 Å². The number of benzene rings is 1. The second-order valence-corrected chi connectivity index (χ2v) is 4.51. The van der Waals surface area contributed by atoms with Crippen LogP contribution in [0.3, 0.4) is 0 Å². The molecule has 1 heterocycles. The van der Waals surface area contributed by atoms with E-state index in [1.54, 1.807) is 30.4 Å². The molecule has 18 heavy (non-hydrogen) atoms. The van der Waals surface area contributed by atoms with Crippen molar-refractivity contribution in [1.82, 2.24) is 14.9 Å². The van der Waals surface area contributed by atoms with Crippen molar-refractivity contribution in [3.05, 3.63) is 52.6 Å². The molecule has 94 valence electrons. The van der Waals surface area contributed by atoms with E-state index in [0.29, 0.717) is 17.1 Å². The molecule has 0 spiro atoms. The molecule has 0 fully saturated rings. The highest BCUT2D eigenvalue weighted by molar-refractivity contribution is 6.34. The Balaban J connectivity index is 2.18. The number of halogens is 1. The third-order valence-electron chi connectivity index (χ3n) is 2.71. The maximum absolute atomic E-state index is 12.2. The molecule has 0 bridgehead atoms. The lowest BCUT2D eigenvalue weighted by molar-refractivity contribution is 0.0782. The molecule has 0 saturated carbocycles. The van der Waals surface area contributed by atoms with Crippen LogP contribution in [-0.2, 0) is 6.54 Å². The standard InChI is InChI=1S/C13H14ClN3O/c1-9-4-3-5-10(12(9)14)13(18)17(2)8-11-15-6-7-16-11/h3-7H,8H2,1-2H3,(H,15,16). The summed E-state index contributed by atoms with van der Waals surface area (Å²) >= 11 is 6.14. The normalized spacial score (nSPS) is 10.4. The van der Waals surface area contributed by atoms with Crippen molar-refractivity contribution in [2.24, 2.45) is 0 Å². The highest BCUT2D eigenvalue weighted by Crippen LogP contribution is 2.21. The molecule has 0 aliphatic heterocycles. The molecule has 4 nitrogen and oxygen atoms in total. The fraction of sp³-hybridized carbons (Fsp3) is 0.231. The third kappa shape index (κ3) is 2.54. The lowest BCUT2D eigenvalue weighted by Gasteiger charge is -2.17. The zero-order valence-electron chi connectivity index (χ0n) is 10.3. The highest BCUT2D eigenvalue weighted by atomic mass is 35.5. The van der Waals surface area contributed by atoms with Crippen molar-refractivity contribution in [1.29, 1.82) is 0 Å². The monoisotopic (exact) mass is 263 g/mol.